The van der Waals surface area contributed by atoms with Gasteiger partial charge in [-0.15, -0.1) is 11.8 Å². The molecule has 1 aliphatic rings. The number of aliphatic hydroxyl groups is 1. The summed E-state index contributed by atoms with van der Waals surface area (Å²) < 4.78 is 0. The minimum Gasteiger partial charge on any atom is -0.391 e. The van der Waals surface area contributed by atoms with E-state index in [9.17, 15) is 9.90 Å². The van der Waals surface area contributed by atoms with Crippen LogP contribution < -0.4 is 10.6 Å². The number of β-amino-alcohol motifs (C(OH)–C–C–N with tert-alkyl or cyclic N) is 1. The molecule has 1 heterocycles. The Morgan fingerprint density at radius 3 is 2.95 bits per heavy atom. The van der Waals surface area contributed by atoms with Crippen molar-refractivity contribution in [2.45, 2.75) is 23.2 Å². The van der Waals surface area contributed by atoms with E-state index in [-0.39, 0.29) is 17.1 Å². The van der Waals surface area contributed by atoms with Gasteiger partial charge in [0.2, 0.25) is 5.91 Å². The zero-order valence-electron chi connectivity index (χ0n) is 11.6. The normalized spacial score (nSPS) is 23.0. The average molecular weight is 349 g/mol. The molecule has 4 nitrogen and oxygen atoms in total. The van der Waals surface area contributed by atoms with Crippen LogP contribution in [-0.4, -0.2) is 42.0 Å². The van der Waals surface area contributed by atoms with E-state index in [4.69, 9.17) is 23.2 Å². The van der Waals surface area contributed by atoms with Crippen molar-refractivity contribution in [2.75, 3.05) is 19.6 Å². The summed E-state index contributed by atoms with van der Waals surface area (Å²) in [5, 5.41) is 16.5. The van der Waals surface area contributed by atoms with Crippen LogP contribution in [0.1, 0.15) is 6.92 Å². The second-order valence-corrected chi connectivity index (χ2v) is 7.29. The standard InChI is InChI=1S/C14H18Cl2N2O2S/c1-8(21-13-4-10(15)2-3-11(13)16)14(20)18-6-9-5-17-7-12(9)19/h2-4,8-9,12,17,19H,5-7H2,1H3,(H,18,20). The summed E-state index contributed by atoms with van der Waals surface area (Å²) in [5.41, 5.74) is 0. The molecule has 1 amide bonds. The fourth-order valence-electron chi connectivity index (χ4n) is 2.11. The van der Waals surface area contributed by atoms with Crippen LogP contribution in [-0.2, 0) is 4.79 Å². The van der Waals surface area contributed by atoms with E-state index < -0.39 is 6.10 Å². The van der Waals surface area contributed by atoms with Gasteiger partial charge in [0.1, 0.15) is 0 Å². The smallest absolute Gasteiger partial charge is 0.233 e. The number of benzene rings is 1. The summed E-state index contributed by atoms with van der Waals surface area (Å²) in [7, 11) is 0. The topological polar surface area (TPSA) is 61.4 Å². The van der Waals surface area contributed by atoms with Gasteiger partial charge >= 0.3 is 0 Å². The van der Waals surface area contributed by atoms with E-state index in [0.29, 0.717) is 23.1 Å². The Bertz CT molecular complexity index is 516. The highest BCUT2D eigenvalue weighted by Gasteiger charge is 2.26. The van der Waals surface area contributed by atoms with Gasteiger partial charge in [-0.2, -0.15) is 0 Å². The van der Waals surface area contributed by atoms with Crippen molar-refractivity contribution in [3.05, 3.63) is 28.2 Å². The molecule has 1 fully saturated rings. The number of carbonyl (C=O) groups excluding carboxylic acids is 1. The van der Waals surface area contributed by atoms with Gasteiger partial charge in [-0.3, -0.25) is 4.79 Å². The highest BCUT2D eigenvalue weighted by Crippen LogP contribution is 2.32. The first-order valence-electron chi connectivity index (χ1n) is 6.75. The third-order valence-corrected chi connectivity index (χ3v) is 5.24. The van der Waals surface area contributed by atoms with E-state index in [1.807, 2.05) is 6.92 Å². The molecule has 3 unspecified atom stereocenters. The number of amides is 1. The molecule has 1 aromatic carbocycles. The molecule has 0 bridgehead atoms. The molecule has 3 atom stereocenters. The monoisotopic (exact) mass is 348 g/mol. The molecule has 1 aromatic rings. The first-order chi connectivity index (χ1) is 9.97. The van der Waals surface area contributed by atoms with E-state index in [1.165, 1.54) is 11.8 Å². The molecule has 1 aliphatic heterocycles. The summed E-state index contributed by atoms with van der Waals surface area (Å²) in [6.07, 6.45) is -0.393. The third kappa shape index (κ3) is 4.76. The summed E-state index contributed by atoms with van der Waals surface area (Å²) in [6, 6.07) is 5.19. The Morgan fingerprint density at radius 2 is 2.29 bits per heavy atom. The zero-order chi connectivity index (χ0) is 15.4. The number of aliphatic hydroxyl groups excluding tert-OH is 1. The molecular formula is C14H18Cl2N2O2S. The van der Waals surface area contributed by atoms with E-state index in [0.717, 1.165) is 11.4 Å². The van der Waals surface area contributed by atoms with Crippen molar-refractivity contribution in [3.63, 3.8) is 0 Å². The average Bonchev–Trinajstić information content (AvgIpc) is 2.85. The predicted molar refractivity (Wildman–Crippen MR) is 87.2 cm³/mol. The van der Waals surface area contributed by atoms with Crippen molar-refractivity contribution in [3.8, 4) is 0 Å². The van der Waals surface area contributed by atoms with Crippen LogP contribution in [0.25, 0.3) is 0 Å². The van der Waals surface area contributed by atoms with E-state index in [1.54, 1.807) is 18.2 Å². The highest BCUT2D eigenvalue weighted by molar-refractivity contribution is 8.00. The minimum absolute atomic E-state index is 0.0703. The number of hydrogen-bond donors (Lipinski definition) is 3. The second-order valence-electron chi connectivity index (χ2n) is 5.07. The molecule has 116 valence electrons. The van der Waals surface area contributed by atoms with Crippen LogP contribution in [0.2, 0.25) is 10.0 Å². The maximum absolute atomic E-state index is 12.1. The zero-order valence-corrected chi connectivity index (χ0v) is 13.9. The first kappa shape index (κ1) is 16.9. The lowest BCUT2D eigenvalue weighted by Crippen LogP contribution is -2.38. The second kappa shape index (κ2) is 7.70. The summed E-state index contributed by atoms with van der Waals surface area (Å²) in [4.78, 5) is 12.9. The number of carbonyl (C=O) groups is 1. The van der Waals surface area contributed by atoms with Gasteiger partial charge < -0.3 is 15.7 Å². The molecule has 2 rings (SSSR count). The maximum Gasteiger partial charge on any atom is 0.233 e. The molecule has 0 radical (unpaired) electrons. The van der Waals surface area contributed by atoms with Gasteiger partial charge in [-0.1, -0.05) is 23.2 Å². The molecule has 0 aliphatic carbocycles. The van der Waals surface area contributed by atoms with Gasteiger partial charge in [-0.25, -0.2) is 0 Å². The lowest BCUT2D eigenvalue weighted by atomic mass is 10.1. The number of hydrogen-bond acceptors (Lipinski definition) is 4. The van der Waals surface area contributed by atoms with Crippen LogP contribution in [0.4, 0.5) is 0 Å². The summed E-state index contributed by atoms with van der Waals surface area (Å²) in [5.74, 6) is -0.00366. The minimum atomic E-state index is -0.393. The van der Waals surface area contributed by atoms with Crippen LogP contribution in [0.5, 0.6) is 0 Å². The summed E-state index contributed by atoms with van der Waals surface area (Å²) >= 11 is 13.4. The van der Waals surface area contributed by atoms with Crippen molar-refractivity contribution < 1.29 is 9.90 Å². The largest absolute Gasteiger partial charge is 0.391 e. The van der Waals surface area contributed by atoms with Gasteiger partial charge in [-0.05, 0) is 25.1 Å². The van der Waals surface area contributed by atoms with E-state index in [2.05, 4.69) is 10.6 Å². The third-order valence-electron chi connectivity index (χ3n) is 3.41. The lowest BCUT2D eigenvalue weighted by molar-refractivity contribution is -0.120. The van der Waals surface area contributed by atoms with Crippen molar-refractivity contribution in [1.29, 1.82) is 0 Å². The SMILES string of the molecule is CC(Sc1cc(Cl)ccc1Cl)C(=O)NCC1CNCC1O. The number of rotatable bonds is 5. The molecule has 1 saturated heterocycles. The van der Waals surface area contributed by atoms with Gasteiger partial charge in [0, 0.05) is 35.5 Å². The Hall–Kier alpha value is -0.460. The number of halogens is 2. The Balaban J connectivity index is 1.86. The Labute approximate surface area is 138 Å². The Kier molecular flexibility index (Phi) is 6.20. The number of thioether (sulfide) groups is 1. The summed E-state index contributed by atoms with van der Waals surface area (Å²) in [6.45, 7) is 3.60. The molecule has 21 heavy (non-hydrogen) atoms. The first-order valence-corrected chi connectivity index (χ1v) is 8.39. The predicted octanol–water partition coefficient (Wildman–Crippen LogP) is 2.17. The van der Waals surface area contributed by atoms with Crippen molar-refractivity contribution in [1.82, 2.24) is 10.6 Å². The van der Waals surface area contributed by atoms with Gasteiger partial charge in [0.25, 0.3) is 0 Å². The molecule has 0 saturated carbocycles. The quantitative estimate of drug-likeness (QED) is 0.713. The molecule has 0 aromatic heterocycles. The molecule has 3 N–H and O–H groups in total. The van der Waals surface area contributed by atoms with Crippen LogP contribution in [0.3, 0.4) is 0 Å². The van der Waals surface area contributed by atoms with Crippen molar-refractivity contribution >= 4 is 40.9 Å². The fraction of sp³-hybridized carbons (Fsp3) is 0.500. The maximum atomic E-state index is 12.1. The van der Waals surface area contributed by atoms with E-state index >= 15 is 0 Å². The molecule has 7 heteroatoms. The van der Waals surface area contributed by atoms with Crippen LogP contribution in [0.15, 0.2) is 23.1 Å². The van der Waals surface area contributed by atoms with Gasteiger partial charge in [0.15, 0.2) is 0 Å². The van der Waals surface area contributed by atoms with Gasteiger partial charge in [0.05, 0.1) is 16.4 Å². The van der Waals surface area contributed by atoms with Crippen LogP contribution >= 0.6 is 35.0 Å². The van der Waals surface area contributed by atoms with Crippen LogP contribution in [0, 0.1) is 5.92 Å². The molecule has 0 spiro atoms. The lowest BCUT2D eigenvalue weighted by Gasteiger charge is -2.17. The highest BCUT2D eigenvalue weighted by atomic mass is 35.5. The Morgan fingerprint density at radius 1 is 1.52 bits per heavy atom. The number of nitrogens with one attached hydrogen (secondary N) is 2. The fourth-order valence-corrected chi connectivity index (χ4v) is 3.55. The van der Waals surface area contributed by atoms with Crippen molar-refractivity contribution in [2.24, 2.45) is 5.92 Å². The molecular weight excluding hydrogens is 331 g/mol.